The summed E-state index contributed by atoms with van der Waals surface area (Å²) in [6, 6.07) is 19.3. The number of aromatic amines is 1. The van der Waals surface area contributed by atoms with E-state index in [0.717, 1.165) is 16.5 Å². The number of allylic oxidation sites excluding steroid dienone is 1. The maximum absolute atomic E-state index is 13.0. The average molecular weight is 401 g/mol. The quantitative estimate of drug-likeness (QED) is 0.285. The van der Waals surface area contributed by atoms with Gasteiger partial charge in [0.2, 0.25) is 5.78 Å². The number of halogens is 1. The number of nitriles is 1. The van der Waals surface area contributed by atoms with Gasteiger partial charge in [0.15, 0.2) is 0 Å². The number of benzene rings is 2. The Labute approximate surface area is 172 Å². The molecule has 6 heteroatoms. The van der Waals surface area contributed by atoms with Crippen molar-refractivity contribution in [1.29, 1.82) is 5.26 Å². The Hall–Kier alpha value is -3.62. The van der Waals surface area contributed by atoms with Gasteiger partial charge in [-0.2, -0.15) is 10.4 Å². The summed E-state index contributed by atoms with van der Waals surface area (Å²) in [5.41, 5.74) is 3.61. The van der Waals surface area contributed by atoms with Gasteiger partial charge in [0.1, 0.15) is 16.8 Å². The van der Waals surface area contributed by atoms with Crippen LogP contribution in [0, 0.1) is 18.3 Å². The van der Waals surface area contributed by atoms with E-state index < -0.39 is 0 Å². The van der Waals surface area contributed by atoms with Crippen LogP contribution in [0.4, 0.5) is 0 Å². The fourth-order valence-corrected chi connectivity index (χ4v) is 3.58. The molecule has 2 heterocycles. The summed E-state index contributed by atoms with van der Waals surface area (Å²) in [5, 5.41) is 15.3. The molecule has 0 amide bonds. The van der Waals surface area contributed by atoms with E-state index in [2.05, 4.69) is 10.1 Å². The fraction of sp³-hybridized carbons (Fsp3) is 0.0870. The average Bonchev–Trinajstić information content (AvgIpc) is 3.28. The van der Waals surface area contributed by atoms with E-state index in [1.807, 2.05) is 67.6 Å². The van der Waals surface area contributed by atoms with Gasteiger partial charge in [0.25, 0.3) is 0 Å². The highest BCUT2D eigenvalue weighted by molar-refractivity contribution is 6.31. The van der Waals surface area contributed by atoms with Crippen LogP contribution in [0.25, 0.3) is 17.0 Å². The number of carbonyl (C=O) groups is 1. The van der Waals surface area contributed by atoms with Crippen LogP contribution in [-0.2, 0) is 6.54 Å². The molecule has 0 fully saturated rings. The van der Waals surface area contributed by atoms with E-state index in [1.54, 1.807) is 10.9 Å². The second-order valence-electron chi connectivity index (χ2n) is 6.68. The summed E-state index contributed by atoms with van der Waals surface area (Å²) in [5.74, 6) is -0.351. The van der Waals surface area contributed by atoms with Crippen molar-refractivity contribution in [3.63, 3.8) is 0 Å². The molecule has 0 aliphatic carbocycles. The van der Waals surface area contributed by atoms with Crippen LogP contribution in [0.15, 0.2) is 66.4 Å². The van der Waals surface area contributed by atoms with Crippen LogP contribution in [0.5, 0.6) is 0 Å². The zero-order chi connectivity index (χ0) is 20.4. The first-order valence-corrected chi connectivity index (χ1v) is 9.45. The summed E-state index contributed by atoms with van der Waals surface area (Å²) < 4.78 is 1.67. The molecule has 0 unspecified atom stereocenters. The van der Waals surface area contributed by atoms with Crippen molar-refractivity contribution in [2.45, 2.75) is 13.5 Å². The molecule has 0 aliphatic rings. The summed E-state index contributed by atoms with van der Waals surface area (Å²) in [7, 11) is 0. The van der Waals surface area contributed by atoms with Gasteiger partial charge in [0.05, 0.1) is 12.2 Å². The Morgan fingerprint density at radius 2 is 1.93 bits per heavy atom. The normalized spacial score (nSPS) is 11.6. The summed E-state index contributed by atoms with van der Waals surface area (Å²) >= 11 is 6.53. The molecule has 4 aromatic rings. The van der Waals surface area contributed by atoms with Crippen LogP contribution in [0.1, 0.15) is 27.2 Å². The molecule has 0 spiro atoms. The number of para-hydroxylation sites is 1. The SMILES string of the molecule is Cc1nn(Cc2ccccc2)c(Cl)c1/C=C(\C#N)C(=O)c1c[nH]c2ccccc12. The lowest BCUT2D eigenvalue weighted by molar-refractivity contribution is 0.104. The second kappa shape index (κ2) is 7.78. The summed E-state index contributed by atoms with van der Waals surface area (Å²) in [6.45, 7) is 2.32. The number of H-pyrrole nitrogens is 1. The number of aromatic nitrogens is 3. The molecule has 142 valence electrons. The first-order chi connectivity index (χ1) is 14.1. The number of Topliss-reactive ketones (excluding diaryl/α,β-unsaturated/α-hetero) is 1. The number of aryl methyl sites for hydroxylation is 1. The number of ketones is 1. The first kappa shape index (κ1) is 18.7. The molecular weight excluding hydrogens is 384 g/mol. The number of hydrogen-bond donors (Lipinski definition) is 1. The molecule has 2 aromatic carbocycles. The topological polar surface area (TPSA) is 74.5 Å². The van der Waals surface area contributed by atoms with Gasteiger partial charge in [-0.3, -0.25) is 4.79 Å². The van der Waals surface area contributed by atoms with Gasteiger partial charge < -0.3 is 4.98 Å². The maximum atomic E-state index is 13.0. The molecule has 0 atom stereocenters. The van der Waals surface area contributed by atoms with Gasteiger partial charge in [-0.1, -0.05) is 60.1 Å². The molecule has 0 saturated heterocycles. The van der Waals surface area contributed by atoms with Crippen molar-refractivity contribution in [3.05, 3.63) is 93.9 Å². The predicted molar refractivity (Wildman–Crippen MR) is 114 cm³/mol. The fourth-order valence-electron chi connectivity index (χ4n) is 3.29. The van der Waals surface area contributed by atoms with E-state index >= 15 is 0 Å². The molecule has 0 bridgehead atoms. The third-order valence-corrected chi connectivity index (χ3v) is 5.17. The Kier molecular flexibility index (Phi) is 5.03. The monoisotopic (exact) mass is 400 g/mol. The number of hydrogen-bond acceptors (Lipinski definition) is 3. The van der Waals surface area contributed by atoms with E-state index in [-0.39, 0.29) is 11.4 Å². The Morgan fingerprint density at radius 3 is 2.69 bits per heavy atom. The zero-order valence-corrected chi connectivity index (χ0v) is 16.4. The second-order valence-corrected chi connectivity index (χ2v) is 7.04. The van der Waals surface area contributed by atoms with Gasteiger partial charge in [-0.05, 0) is 24.6 Å². The Bertz CT molecular complexity index is 1280. The maximum Gasteiger partial charge on any atom is 0.205 e. The number of nitrogens with one attached hydrogen (secondary N) is 1. The van der Waals surface area contributed by atoms with E-state index in [9.17, 15) is 10.1 Å². The van der Waals surface area contributed by atoms with Gasteiger partial charge in [-0.25, -0.2) is 4.68 Å². The minimum atomic E-state index is -0.351. The zero-order valence-electron chi connectivity index (χ0n) is 15.7. The molecule has 2 aromatic heterocycles. The molecular formula is C23H17ClN4O. The highest BCUT2D eigenvalue weighted by Gasteiger charge is 2.19. The first-order valence-electron chi connectivity index (χ1n) is 9.08. The molecule has 5 nitrogen and oxygen atoms in total. The smallest absolute Gasteiger partial charge is 0.205 e. The lowest BCUT2D eigenvalue weighted by Crippen LogP contribution is -2.02. The molecule has 0 radical (unpaired) electrons. The van der Waals surface area contributed by atoms with E-state index in [4.69, 9.17) is 11.6 Å². The number of rotatable bonds is 5. The lowest BCUT2D eigenvalue weighted by Gasteiger charge is -2.03. The highest BCUT2D eigenvalue weighted by atomic mass is 35.5. The van der Waals surface area contributed by atoms with Crippen molar-refractivity contribution < 1.29 is 4.79 Å². The molecule has 1 N–H and O–H groups in total. The third-order valence-electron chi connectivity index (χ3n) is 4.77. The minimum absolute atomic E-state index is 0.0130. The van der Waals surface area contributed by atoms with Crippen molar-refractivity contribution in [1.82, 2.24) is 14.8 Å². The minimum Gasteiger partial charge on any atom is -0.360 e. The van der Waals surface area contributed by atoms with Crippen molar-refractivity contribution in [3.8, 4) is 6.07 Å². The molecule has 0 saturated carbocycles. The third kappa shape index (κ3) is 3.58. The number of carbonyl (C=O) groups excluding carboxylic acids is 1. The number of nitrogens with zero attached hydrogens (tertiary/aromatic N) is 3. The predicted octanol–water partition coefficient (Wildman–Crippen LogP) is 5.16. The van der Waals surface area contributed by atoms with E-state index in [1.165, 1.54) is 6.08 Å². The number of fused-ring (bicyclic) bond motifs is 1. The lowest BCUT2D eigenvalue weighted by atomic mass is 10.0. The van der Waals surface area contributed by atoms with Gasteiger partial charge in [0, 0.05) is 28.2 Å². The van der Waals surface area contributed by atoms with Gasteiger partial charge in [-0.15, -0.1) is 0 Å². The summed E-state index contributed by atoms with van der Waals surface area (Å²) in [6.07, 6.45) is 3.15. The molecule has 4 rings (SSSR count). The Balaban J connectivity index is 1.70. The van der Waals surface area contributed by atoms with Crippen LogP contribution in [0.3, 0.4) is 0 Å². The van der Waals surface area contributed by atoms with Crippen LogP contribution in [0.2, 0.25) is 5.15 Å². The largest absolute Gasteiger partial charge is 0.360 e. The molecule has 29 heavy (non-hydrogen) atoms. The van der Waals surface area contributed by atoms with E-state index in [0.29, 0.717) is 28.5 Å². The summed E-state index contributed by atoms with van der Waals surface area (Å²) in [4.78, 5) is 16.1. The van der Waals surface area contributed by atoms with Crippen LogP contribution < -0.4 is 0 Å². The Morgan fingerprint density at radius 1 is 1.21 bits per heavy atom. The van der Waals surface area contributed by atoms with Crippen LogP contribution >= 0.6 is 11.6 Å². The highest BCUT2D eigenvalue weighted by Crippen LogP contribution is 2.26. The van der Waals surface area contributed by atoms with Crippen LogP contribution in [-0.4, -0.2) is 20.5 Å². The van der Waals surface area contributed by atoms with Crippen molar-refractivity contribution in [2.75, 3.05) is 0 Å². The van der Waals surface area contributed by atoms with Crippen molar-refractivity contribution >= 4 is 34.4 Å². The standard InChI is InChI=1S/C23H17ClN4O/c1-15-19(23(24)28(27-15)14-16-7-3-2-4-8-16)11-17(12-25)22(29)20-13-26-21-10-6-5-9-18(20)21/h2-11,13,26H,14H2,1H3/b17-11+. The van der Waals surface area contributed by atoms with Crippen molar-refractivity contribution in [2.24, 2.45) is 0 Å². The van der Waals surface area contributed by atoms with Gasteiger partial charge >= 0.3 is 0 Å². The molecule has 0 aliphatic heterocycles.